The molecule has 29 heavy (non-hydrogen) atoms. The molecule has 0 N–H and O–H groups in total. The highest BCUT2D eigenvalue weighted by molar-refractivity contribution is 6.30. The SMILES string of the molecule is O=C(c1cccc(Cl)c1)N1CCC(N(Cc2ccccc2)C2CCOCC2)CC1. The summed E-state index contributed by atoms with van der Waals surface area (Å²) in [6.07, 6.45) is 4.20. The van der Waals surface area contributed by atoms with Crippen molar-refractivity contribution in [2.24, 2.45) is 0 Å². The number of ether oxygens (including phenoxy) is 1. The van der Waals surface area contributed by atoms with Gasteiger partial charge in [0.25, 0.3) is 5.91 Å². The van der Waals surface area contributed by atoms with Crippen LogP contribution in [0.15, 0.2) is 54.6 Å². The Morgan fingerprint density at radius 1 is 0.966 bits per heavy atom. The topological polar surface area (TPSA) is 32.8 Å². The van der Waals surface area contributed by atoms with Crippen LogP contribution in [0.5, 0.6) is 0 Å². The molecule has 2 aromatic rings. The average Bonchev–Trinajstić information content (AvgIpc) is 2.78. The second-order valence-electron chi connectivity index (χ2n) is 8.04. The van der Waals surface area contributed by atoms with Crippen LogP contribution in [0.1, 0.15) is 41.6 Å². The molecule has 0 unspecified atom stereocenters. The van der Waals surface area contributed by atoms with Gasteiger partial charge in [0.05, 0.1) is 0 Å². The molecule has 4 nitrogen and oxygen atoms in total. The third-order valence-electron chi connectivity index (χ3n) is 6.16. The molecule has 0 atom stereocenters. The molecule has 4 rings (SSSR count). The number of amides is 1. The number of rotatable bonds is 5. The number of likely N-dealkylation sites (tertiary alicyclic amines) is 1. The normalized spacial score (nSPS) is 18.9. The quantitative estimate of drug-likeness (QED) is 0.718. The van der Waals surface area contributed by atoms with Crippen molar-refractivity contribution >= 4 is 17.5 Å². The summed E-state index contributed by atoms with van der Waals surface area (Å²) in [7, 11) is 0. The van der Waals surface area contributed by atoms with E-state index in [1.54, 1.807) is 12.1 Å². The van der Waals surface area contributed by atoms with Crippen LogP contribution in [0.2, 0.25) is 5.02 Å². The lowest BCUT2D eigenvalue weighted by Gasteiger charge is -2.43. The zero-order chi connectivity index (χ0) is 20.1. The predicted molar refractivity (Wildman–Crippen MR) is 116 cm³/mol. The number of hydrogen-bond donors (Lipinski definition) is 0. The predicted octanol–water partition coefficient (Wildman–Crippen LogP) is 4.63. The van der Waals surface area contributed by atoms with Gasteiger partial charge in [-0.1, -0.05) is 48.0 Å². The first-order chi connectivity index (χ1) is 14.2. The lowest BCUT2D eigenvalue weighted by atomic mass is 9.96. The van der Waals surface area contributed by atoms with E-state index in [4.69, 9.17) is 16.3 Å². The first-order valence-electron chi connectivity index (χ1n) is 10.6. The third-order valence-corrected chi connectivity index (χ3v) is 6.40. The molecular weight excluding hydrogens is 384 g/mol. The van der Waals surface area contributed by atoms with Crippen molar-refractivity contribution in [2.45, 2.75) is 44.3 Å². The lowest BCUT2D eigenvalue weighted by Crippen LogP contribution is -2.51. The zero-order valence-corrected chi connectivity index (χ0v) is 17.6. The fraction of sp³-hybridized carbons (Fsp3) is 0.458. The van der Waals surface area contributed by atoms with E-state index in [0.29, 0.717) is 22.7 Å². The maximum absolute atomic E-state index is 12.9. The fourth-order valence-corrected chi connectivity index (χ4v) is 4.76. The van der Waals surface area contributed by atoms with Crippen molar-refractivity contribution in [3.8, 4) is 0 Å². The molecule has 0 aliphatic carbocycles. The van der Waals surface area contributed by atoms with Gasteiger partial charge in [0, 0.05) is 55.5 Å². The summed E-state index contributed by atoms with van der Waals surface area (Å²) in [4.78, 5) is 17.5. The molecule has 0 bridgehead atoms. The van der Waals surface area contributed by atoms with Gasteiger partial charge in [-0.05, 0) is 49.4 Å². The summed E-state index contributed by atoms with van der Waals surface area (Å²) in [5, 5.41) is 0.610. The Labute approximate surface area is 178 Å². The lowest BCUT2D eigenvalue weighted by molar-refractivity contribution is -0.00148. The van der Waals surface area contributed by atoms with Crippen LogP contribution in [0.3, 0.4) is 0 Å². The molecule has 2 fully saturated rings. The monoisotopic (exact) mass is 412 g/mol. The number of carbonyl (C=O) groups is 1. The summed E-state index contributed by atoms with van der Waals surface area (Å²) in [5.74, 6) is 0.0895. The molecule has 5 heteroatoms. The molecule has 2 aliphatic rings. The van der Waals surface area contributed by atoms with Gasteiger partial charge in [0.1, 0.15) is 0 Å². The van der Waals surface area contributed by atoms with E-state index in [2.05, 4.69) is 35.2 Å². The zero-order valence-electron chi connectivity index (χ0n) is 16.8. The van der Waals surface area contributed by atoms with Crippen LogP contribution in [0.25, 0.3) is 0 Å². The number of hydrogen-bond acceptors (Lipinski definition) is 3. The van der Waals surface area contributed by atoms with Crippen LogP contribution >= 0.6 is 11.6 Å². The largest absolute Gasteiger partial charge is 0.381 e. The molecule has 2 aliphatic heterocycles. The van der Waals surface area contributed by atoms with Crippen LogP contribution in [-0.4, -0.2) is 54.1 Å². The van der Waals surface area contributed by atoms with Crippen molar-refractivity contribution in [3.63, 3.8) is 0 Å². The Morgan fingerprint density at radius 2 is 1.66 bits per heavy atom. The van der Waals surface area contributed by atoms with Crippen molar-refractivity contribution in [1.29, 1.82) is 0 Å². The number of benzene rings is 2. The number of carbonyl (C=O) groups excluding carboxylic acids is 1. The summed E-state index contributed by atoms with van der Waals surface area (Å²) in [6, 6.07) is 19.0. The molecule has 0 saturated carbocycles. The van der Waals surface area contributed by atoms with Crippen molar-refractivity contribution in [1.82, 2.24) is 9.80 Å². The van der Waals surface area contributed by atoms with Crippen LogP contribution < -0.4 is 0 Å². The first-order valence-corrected chi connectivity index (χ1v) is 11.0. The van der Waals surface area contributed by atoms with Crippen LogP contribution in [0.4, 0.5) is 0 Å². The van der Waals surface area contributed by atoms with Gasteiger partial charge >= 0.3 is 0 Å². The summed E-state index contributed by atoms with van der Waals surface area (Å²) in [5.41, 5.74) is 2.04. The van der Waals surface area contributed by atoms with E-state index in [1.807, 2.05) is 17.0 Å². The highest BCUT2D eigenvalue weighted by atomic mass is 35.5. The molecule has 0 aromatic heterocycles. The molecule has 2 aromatic carbocycles. The van der Waals surface area contributed by atoms with Gasteiger partial charge in [-0.15, -0.1) is 0 Å². The Hall–Kier alpha value is -1.88. The van der Waals surface area contributed by atoms with Crippen molar-refractivity contribution in [2.75, 3.05) is 26.3 Å². The van der Waals surface area contributed by atoms with Gasteiger partial charge < -0.3 is 9.64 Å². The molecule has 2 heterocycles. The van der Waals surface area contributed by atoms with E-state index in [1.165, 1.54) is 5.56 Å². The Bertz CT molecular complexity index is 800. The fourth-order valence-electron chi connectivity index (χ4n) is 4.57. The maximum atomic E-state index is 12.9. The molecule has 2 saturated heterocycles. The van der Waals surface area contributed by atoms with Gasteiger partial charge in [-0.3, -0.25) is 9.69 Å². The smallest absolute Gasteiger partial charge is 0.253 e. The summed E-state index contributed by atoms with van der Waals surface area (Å²) < 4.78 is 5.60. The number of piperidine rings is 1. The highest BCUT2D eigenvalue weighted by Crippen LogP contribution is 2.27. The van der Waals surface area contributed by atoms with Crippen LogP contribution in [-0.2, 0) is 11.3 Å². The van der Waals surface area contributed by atoms with E-state index >= 15 is 0 Å². The maximum Gasteiger partial charge on any atom is 0.253 e. The third kappa shape index (κ3) is 5.19. The summed E-state index contributed by atoms with van der Waals surface area (Å²) >= 11 is 6.07. The van der Waals surface area contributed by atoms with E-state index in [0.717, 1.165) is 58.5 Å². The number of halogens is 1. The standard InChI is InChI=1S/C24H29ClN2O2/c25-21-8-4-7-20(17-21)24(28)26-13-9-22(10-14-26)27(23-11-15-29-16-12-23)18-19-5-2-1-3-6-19/h1-8,17,22-23H,9-16,18H2. The van der Waals surface area contributed by atoms with Gasteiger partial charge in [-0.25, -0.2) is 0 Å². The highest BCUT2D eigenvalue weighted by Gasteiger charge is 2.32. The number of nitrogens with zero attached hydrogens (tertiary/aromatic N) is 2. The minimum absolute atomic E-state index is 0.0895. The van der Waals surface area contributed by atoms with E-state index < -0.39 is 0 Å². The Kier molecular flexibility index (Phi) is 6.86. The molecule has 154 valence electrons. The van der Waals surface area contributed by atoms with E-state index in [9.17, 15) is 4.79 Å². The minimum atomic E-state index is 0.0895. The average molecular weight is 413 g/mol. The van der Waals surface area contributed by atoms with Gasteiger partial charge in [0.2, 0.25) is 0 Å². The molecule has 1 amide bonds. The Balaban J connectivity index is 1.42. The first kappa shape index (κ1) is 20.4. The second kappa shape index (κ2) is 9.75. The molecular formula is C24H29ClN2O2. The van der Waals surface area contributed by atoms with Crippen molar-refractivity contribution < 1.29 is 9.53 Å². The Morgan fingerprint density at radius 3 is 2.34 bits per heavy atom. The second-order valence-corrected chi connectivity index (χ2v) is 8.47. The molecule has 0 radical (unpaired) electrons. The van der Waals surface area contributed by atoms with Crippen LogP contribution in [0, 0.1) is 0 Å². The molecule has 0 spiro atoms. The van der Waals surface area contributed by atoms with Crippen molar-refractivity contribution in [3.05, 3.63) is 70.7 Å². The summed E-state index contributed by atoms with van der Waals surface area (Å²) in [6.45, 7) is 4.26. The van der Waals surface area contributed by atoms with E-state index in [-0.39, 0.29) is 5.91 Å². The van der Waals surface area contributed by atoms with Gasteiger partial charge in [0.15, 0.2) is 0 Å². The minimum Gasteiger partial charge on any atom is -0.381 e. The van der Waals surface area contributed by atoms with Gasteiger partial charge in [-0.2, -0.15) is 0 Å².